The molecule has 0 unspecified atom stereocenters. The van der Waals surface area contributed by atoms with E-state index in [-0.39, 0.29) is 43.2 Å². The second-order valence-electron chi connectivity index (χ2n) is 9.67. The van der Waals surface area contributed by atoms with Gasteiger partial charge in [-0.2, -0.15) is 0 Å². The Kier molecular flexibility index (Phi) is 9.03. The minimum atomic E-state index is -0.916. The summed E-state index contributed by atoms with van der Waals surface area (Å²) in [6, 6.07) is 9.99. The molecular formula is C28H35ClN2O6. The van der Waals surface area contributed by atoms with E-state index >= 15 is 0 Å². The fraction of sp³-hybridized carbons (Fsp3) is 0.500. The maximum atomic E-state index is 13.8. The van der Waals surface area contributed by atoms with Crippen LogP contribution in [0.25, 0.3) is 0 Å². The van der Waals surface area contributed by atoms with Gasteiger partial charge >= 0.3 is 0 Å². The minimum Gasteiger partial charge on any atom is -0.493 e. The van der Waals surface area contributed by atoms with Crippen LogP contribution in [0.5, 0.6) is 23.0 Å². The lowest BCUT2D eigenvalue weighted by molar-refractivity contribution is -0.140. The molecular weight excluding hydrogens is 496 g/mol. The number of fused-ring (bicyclic) bond motifs is 1. The van der Waals surface area contributed by atoms with Gasteiger partial charge in [-0.3, -0.25) is 9.59 Å². The molecule has 0 bridgehead atoms. The van der Waals surface area contributed by atoms with Gasteiger partial charge in [0.15, 0.2) is 23.0 Å². The van der Waals surface area contributed by atoms with Crippen molar-refractivity contribution in [3.63, 3.8) is 0 Å². The molecule has 1 N–H and O–H groups in total. The number of hydrogen-bond acceptors (Lipinski definition) is 6. The number of hydrogen-bond donors (Lipinski definition) is 1. The van der Waals surface area contributed by atoms with E-state index in [9.17, 15) is 9.59 Å². The topological polar surface area (TPSA) is 86.3 Å². The molecule has 8 nitrogen and oxygen atoms in total. The maximum Gasteiger partial charge on any atom is 0.247 e. The highest BCUT2D eigenvalue weighted by atomic mass is 35.5. The molecule has 0 saturated heterocycles. The van der Waals surface area contributed by atoms with Gasteiger partial charge in [-0.25, -0.2) is 0 Å². The van der Waals surface area contributed by atoms with Crippen molar-refractivity contribution in [2.75, 3.05) is 19.8 Å². The van der Waals surface area contributed by atoms with Crippen molar-refractivity contribution in [3.05, 3.63) is 47.5 Å². The van der Waals surface area contributed by atoms with Gasteiger partial charge in [0.05, 0.1) is 13.2 Å². The number of methoxy groups -OCH3 is 1. The van der Waals surface area contributed by atoms with Crippen LogP contribution < -0.4 is 24.3 Å². The fourth-order valence-electron chi connectivity index (χ4n) is 4.84. The molecule has 0 radical (unpaired) electrons. The van der Waals surface area contributed by atoms with Crippen LogP contribution in [-0.2, 0) is 16.1 Å². The first-order valence-electron chi connectivity index (χ1n) is 12.8. The van der Waals surface area contributed by atoms with Crippen molar-refractivity contribution >= 4 is 23.4 Å². The molecule has 1 fully saturated rings. The average molecular weight is 531 g/mol. The van der Waals surface area contributed by atoms with E-state index in [2.05, 4.69) is 5.32 Å². The molecule has 2 aliphatic rings. The molecule has 4 rings (SSSR count). The van der Waals surface area contributed by atoms with E-state index in [1.807, 2.05) is 26.0 Å². The van der Waals surface area contributed by atoms with Gasteiger partial charge in [0, 0.05) is 12.6 Å². The number of alkyl halides is 1. The largest absolute Gasteiger partial charge is 0.493 e. The van der Waals surface area contributed by atoms with Crippen LogP contribution in [-0.4, -0.2) is 48.6 Å². The lowest BCUT2D eigenvalue weighted by atomic mass is 9.94. The van der Waals surface area contributed by atoms with Gasteiger partial charge in [-0.1, -0.05) is 31.4 Å². The third-order valence-corrected chi connectivity index (χ3v) is 6.83. The predicted molar refractivity (Wildman–Crippen MR) is 140 cm³/mol. The number of nitrogens with one attached hydrogen (secondary N) is 1. The second-order valence-corrected chi connectivity index (χ2v) is 9.93. The monoisotopic (exact) mass is 530 g/mol. The van der Waals surface area contributed by atoms with E-state index in [0.29, 0.717) is 28.6 Å². The first-order chi connectivity index (χ1) is 17.9. The lowest BCUT2D eigenvalue weighted by Gasteiger charge is -2.33. The van der Waals surface area contributed by atoms with E-state index in [1.165, 1.54) is 11.3 Å². The number of nitrogens with zero attached hydrogens (tertiary/aromatic N) is 1. The SMILES string of the molecule is COc1cc([C@@H](C(=O)NC2CCCCC2)N(Cc2ccc3c(c2)OCO3)C(=O)CCl)ccc1OC(C)C. The number of benzene rings is 2. The summed E-state index contributed by atoms with van der Waals surface area (Å²) in [7, 11) is 1.55. The Morgan fingerprint density at radius 2 is 1.81 bits per heavy atom. The van der Waals surface area contributed by atoms with Crippen molar-refractivity contribution in [1.82, 2.24) is 10.2 Å². The molecule has 1 atom stereocenters. The molecule has 37 heavy (non-hydrogen) atoms. The Bertz CT molecular complexity index is 1100. The predicted octanol–water partition coefficient (Wildman–Crippen LogP) is 4.97. The molecule has 200 valence electrons. The van der Waals surface area contributed by atoms with Crippen LogP contribution in [0.4, 0.5) is 0 Å². The number of carbonyl (C=O) groups is 2. The molecule has 1 saturated carbocycles. The molecule has 2 aromatic carbocycles. The van der Waals surface area contributed by atoms with Gasteiger partial charge < -0.3 is 29.2 Å². The Labute approximate surface area is 223 Å². The molecule has 1 aliphatic heterocycles. The van der Waals surface area contributed by atoms with E-state index in [4.69, 9.17) is 30.5 Å². The van der Waals surface area contributed by atoms with Crippen molar-refractivity contribution in [3.8, 4) is 23.0 Å². The lowest BCUT2D eigenvalue weighted by Crippen LogP contribution is -2.47. The van der Waals surface area contributed by atoms with E-state index in [1.54, 1.807) is 31.4 Å². The zero-order chi connectivity index (χ0) is 26.4. The highest BCUT2D eigenvalue weighted by Gasteiger charge is 2.33. The third kappa shape index (κ3) is 6.60. The van der Waals surface area contributed by atoms with Crippen LogP contribution in [0.15, 0.2) is 36.4 Å². The third-order valence-electron chi connectivity index (χ3n) is 6.60. The quantitative estimate of drug-likeness (QED) is 0.436. The summed E-state index contributed by atoms with van der Waals surface area (Å²) in [6.07, 6.45) is 5.12. The number of carbonyl (C=O) groups excluding carboxylic acids is 2. The summed E-state index contributed by atoms with van der Waals surface area (Å²) in [4.78, 5) is 28.6. The van der Waals surface area contributed by atoms with E-state index in [0.717, 1.165) is 31.2 Å². The summed E-state index contributed by atoms with van der Waals surface area (Å²) >= 11 is 6.06. The molecule has 0 spiro atoms. The van der Waals surface area contributed by atoms with Gasteiger partial charge in [0.2, 0.25) is 18.6 Å². The number of rotatable bonds is 10. The Hall–Kier alpha value is -3.13. The van der Waals surface area contributed by atoms with Crippen molar-refractivity contribution in [1.29, 1.82) is 0 Å². The summed E-state index contributed by atoms with van der Waals surface area (Å²) in [5, 5.41) is 3.20. The summed E-state index contributed by atoms with van der Waals surface area (Å²) in [5.41, 5.74) is 1.41. The van der Waals surface area contributed by atoms with Crippen LogP contribution in [0.3, 0.4) is 0 Å². The van der Waals surface area contributed by atoms with Crippen LogP contribution in [0.1, 0.15) is 63.1 Å². The smallest absolute Gasteiger partial charge is 0.247 e. The Morgan fingerprint density at radius 1 is 1.05 bits per heavy atom. The zero-order valence-electron chi connectivity index (χ0n) is 21.6. The molecule has 1 heterocycles. The normalized spacial score (nSPS) is 15.8. The molecule has 2 aromatic rings. The zero-order valence-corrected chi connectivity index (χ0v) is 22.4. The molecule has 2 amide bonds. The van der Waals surface area contributed by atoms with Crippen molar-refractivity contribution < 1.29 is 28.5 Å². The number of ether oxygens (including phenoxy) is 4. The standard InChI is InChI=1S/C28H35ClN2O6/c1-18(2)37-23-12-10-20(14-24(23)34-3)27(28(33)30-21-7-5-4-6-8-21)31(26(32)15-29)16-19-9-11-22-25(13-19)36-17-35-22/h9-14,18,21,27H,4-8,15-17H2,1-3H3,(H,30,33)/t27-/m0/s1. The van der Waals surface area contributed by atoms with E-state index < -0.39 is 6.04 Å². The fourth-order valence-corrected chi connectivity index (χ4v) is 5.00. The Balaban J connectivity index is 1.71. The molecule has 0 aromatic heterocycles. The number of halogens is 1. The van der Waals surface area contributed by atoms with Crippen molar-refractivity contribution in [2.45, 2.75) is 70.7 Å². The maximum absolute atomic E-state index is 13.8. The van der Waals surface area contributed by atoms with Gasteiger partial charge in [0.1, 0.15) is 11.9 Å². The first kappa shape index (κ1) is 26.9. The highest BCUT2D eigenvalue weighted by Crippen LogP contribution is 2.36. The Morgan fingerprint density at radius 3 is 2.51 bits per heavy atom. The highest BCUT2D eigenvalue weighted by molar-refractivity contribution is 6.27. The summed E-state index contributed by atoms with van der Waals surface area (Å²) in [6.45, 7) is 4.18. The molecule has 1 aliphatic carbocycles. The molecule has 9 heteroatoms. The van der Waals surface area contributed by atoms with Crippen LogP contribution >= 0.6 is 11.6 Å². The summed E-state index contributed by atoms with van der Waals surface area (Å²) in [5.74, 6) is 1.45. The number of amides is 2. The van der Waals surface area contributed by atoms with Crippen molar-refractivity contribution in [2.24, 2.45) is 0 Å². The van der Waals surface area contributed by atoms with Crippen LogP contribution in [0, 0.1) is 0 Å². The van der Waals surface area contributed by atoms with Gasteiger partial charge in [-0.05, 0) is 62.1 Å². The van der Waals surface area contributed by atoms with Gasteiger partial charge in [0.25, 0.3) is 0 Å². The second kappa shape index (κ2) is 12.4. The average Bonchev–Trinajstić information content (AvgIpc) is 3.37. The first-order valence-corrected chi connectivity index (χ1v) is 13.3. The van der Waals surface area contributed by atoms with Gasteiger partial charge in [-0.15, -0.1) is 11.6 Å². The van der Waals surface area contributed by atoms with Crippen LogP contribution in [0.2, 0.25) is 0 Å². The summed E-state index contributed by atoms with van der Waals surface area (Å²) < 4.78 is 22.4. The minimum absolute atomic E-state index is 0.0505.